The molecule has 0 aromatic carbocycles. The molecule has 0 aliphatic rings. The highest BCUT2D eigenvalue weighted by molar-refractivity contribution is 6.30. The maximum atomic E-state index is 5.66. The number of hydrogen-bond donors (Lipinski definition) is 1. The third-order valence-electron chi connectivity index (χ3n) is 1.69. The van der Waals surface area contributed by atoms with Gasteiger partial charge in [0.25, 0.3) is 0 Å². The lowest BCUT2D eigenvalue weighted by atomic mass is 10.2. The monoisotopic (exact) mass is 194 g/mol. The van der Waals surface area contributed by atoms with Gasteiger partial charge < -0.3 is 0 Å². The van der Waals surface area contributed by atoms with E-state index in [0.717, 1.165) is 11.3 Å². The van der Waals surface area contributed by atoms with Gasteiger partial charge in [-0.1, -0.05) is 11.6 Å². The Labute approximate surface area is 80.0 Å². The second kappa shape index (κ2) is 3.14. The van der Waals surface area contributed by atoms with Gasteiger partial charge in [-0.2, -0.15) is 5.10 Å². The van der Waals surface area contributed by atoms with Gasteiger partial charge >= 0.3 is 0 Å². The van der Waals surface area contributed by atoms with Crippen molar-refractivity contribution in [3.8, 4) is 11.4 Å². The summed E-state index contributed by atoms with van der Waals surface area (Å²) in [4.78, 5) is 8.16. The molecule has 4 nitrogen and oxygen atoms in total. The van der Waals surface area contributed by atoms with Crippen LogP contribution in [-0.2, 0) is 0 Å². The molecule has 0 saturated carbocycles. The molecule has 0 atom stereocenters. The highest BCUT2D eigenvalue weighted by atomic mass is 35.5. The van der Waals surface area contributed by atoms with Crippen molar-refractivity contribution in [2.24, 2.45) is 0 Å². The van der Waals surface area contributed by atoms with E-state index < -0.39 is 0 Å². The first-order valence-corrected chi connectivity index (χ1v) is 4.13. The van der Waals surface area contributed by atoms with Crippen molar-refractivity contribution in [2.75, 3.05) is 0 Å². The van der Waals surface area contributed by atoms with Gasteiger partial charge in [-0.25, -0.2) is 9.97 Å². The third kappa shape index (κ3) is 1.53. The van der Waals surface area contributed by atoms with Crippen molar-refractivity contribution in [3.63, 3.8) is 0 Å². The van der Waals surface area contributed by atoms with Gasteiger partial charge in [0.15, 0.2) is 5.82 Å². The molecular formula is C8H7ClN4. The van der Waals surface area contributed by atoms with Crippen LogP contribution in [0.4, 0.5) is 0 Å². The summed E-state index contributed by atoms with van der Waals surface area (Å²) in [6, 6.07) is 0. The zero-order chi connectivity index (χ0) is 9.26. The van der Waals surface area contributed by atoms with Crippen molar-refractivity contribution in [1.82, 2.24) is 20.2 Å². The summed E-state index contributed by atoms with van der Waals surface area (Å²) < 4.78 is 0. The van der Waals surface area contributed by atoms with Crippen LogP contribution in [0, 0.1) is 6.92 Å². The molecule has 13 heavy (non-hydrogen) atoms. The van der Waals surface area contributed by atoms with Gasteiger partial charge in [-0.05, 0) is 6.92 Å². The van der Waals surface area contributed by atoms with E-state index in [2.05, 4.69) is 20.2 Å². The Morgan fingerprint density at radius 2 is 1.92 bits per heavy atom. The number of halogens is 1. The van der Waals surface area contributed by atoms with E-state index in [-0.39, 0.29) is 0 Å². The van der Waals surface area contributed by atoms with Crippen LogP contribution in [-0.4, -0.2) is 20.2 Å². The van der Waals surface area contributed by atoms with Crippen molar-refractivity contribution < 1.29 is 0 Å². The first kappa shape index (κ1) is 8.19. The van der Waals surface area contributed by atoms with Crippen molar-refractivity contribution >= 4 is 11.6 Å². The Morgan fingerprint density at radius 3 is 2.46 bits per heavy atom. The van der Waals surface area contributed by atoms with Crippen LogP contribution in [0.3, 0.4) is 0 Å². The van der Waals surface area contributed by atoms with Crippen LogP contribution in [0.15, 0.2) is 18.6 Å². The zero-order valence-electron chi connectivity index (χ0n) is 6.95. The molecule has 2 rings (SSSR count). The van der Waals surface area contributed by atoms with Gasteiger partial charge in [0.2, 0.25) is 0 Å². The maximum Gasteiger partial charge on any atom is 0.162 e. The average molecular weight is 195 g/mol. The summed E-state index contributed by atoms with van der Waals surface area (Å²) in [5, 5.41) is 7.23. The molecule has 2 heterocycles. The Balaban J connectivity index is 2.47. The van der Waals surface area contributed by atoms with E-state index in [1.165, 1.54) is 0 Å². The maximum absolute atomic E-state index is 5.66. The molecule has 1 N–H and O–H groups in total. The molecule has 0 amide bonds. The zero-order valence-corrected chi connectivity index (χ0v) is 7.71. The second-order valence-electron chi connectivity index (χ2n) is 2.63. The summed E-state index contributed by atoms with van der Waals surface area (Å²) in [6.07, 6.45) is 4.82. The minimum Gasteiger partial charge on any atom is -0.282 e. The average Bonchev–Trinajstić information content (AvgIpc) is 2.53. The molecule has 0 unspecified atom stereocenters. The summed E-state index contributed by atoms with van der Waals surface area (Å²) >= 11 is 5.66. The highest BCUT2D eigenvalue weighted by Crippen LogP contribution is 2.17. The van der Waals surface area contributed by atoms with Crippen LogP contribution >= 0.6 is 11.6 Å². The highest BCUT2D eigenvalue weighted by Gasteiger charge is 2.05. The predicted molar refractivity (Wildman–Crippen MR) is 49.4 cm³/mol. The number of aryl methyl sites for hydroxylation is 1. The molecule has 66 valence electrons. The number of hydrogen-bond acceptors (Lipinski definition) is 3. The minimum absolute atomic E-state index is 0.532. The Hall–Kier alpha value is -1.42. The van der Waals surface area contributed by atoms with E-state index in [1.807, 2.05) is 6.92 Å². The molecule has 0 saturated heterocycles. The number of H-pyrrole nitrogens is 1. The quantitative estimate of drug-likeness (QED) is 0.754. The SMILES string of the molecule is Cc1[nH]ncc1-c1ncc(Cl)cn1. The fraction of sp³-hybridized carbons (Fsp3) is 0.125. The van der Waals surface area contributed by atoms with E-state index in [9.17, 15) is 0 Å². The summed E-state index contributed by atoms with van der Waals surface area (Å²) in [5.74, 6) is 0.635. The Kier molecular flexibility index (Phi) is 1.98. The van der Waals surface area contributed by atoms with Crippen LogP contribution in [0.1, 0.15) is 5.69 Å². The second-order valence-corrected chi connectivity index (χ2v) is 3.07. The van der Waals surface area contributed by atoms with Gasteiger partial charge in [0.05, 0.1) is 16.8 Å². The lowest BCUT2D eigenvalue weighted by molar-refractivity contribution is 1.05. The van der Waals surface area contributed by atoms with Crippen LogP contribution in [0.5, 0.6) is 0 Å². The molecule has 0 radical (unpaired) electrons. The molecular weight excluding hydrogens is 188 g/mol. The molecule has 0 aliphatic carbocycles. The van der Waals surface area contributed by atoms with E-state index in [1.54, 1.807) is 18.6 Å². The first-order valence-electron chi connectivity index (χ1n) is 3.75. The fourth-order valence-electron chi connectivity index (χ4n) is 1.03. The van der Waals surface area contributed by atoms with Crippen LogP contribution in [0.25, 0.3) is 11.4 Å². The van der Waals surface area contributed by atoms with Gasteiger partial charge in [-0.3, -0.25) is 5.10 Å². The van der Waals surface area contributed by atoms with Crippen LogP contribution in [0.2, 0.25) is 5.02 Å². The molecule has 0 bridgehead atoms. The number of aromatic amines is 1. The van der Waals surface area contributed by atoms with E-state index in [0.29, 0.717) is 10.8 Å². The van der Waals surface area contributed by atoms with Crippen LogP contribution < -0.4 is 0 Å². The first-order chi connectivity index (χ1) is 6.27. The third-order valence-corrected chi connectivity index (χ3v) is 1.89. The molecule has 0 fully saturated rings. The lowest BCUT2D eigenvalue weighted by Gasteiger charge is -1.96. The summed E-state index contributed by atoms with van der Waals surface area (Å²) in [5.41, 5.74) is 1.85. The van der Waals surface area contributed by atoms with Gasteiger partial charge in [0, 0.05) is 18.1 Å². The largest absolute Gasteiger partial charge is 0.282 e. The predicted octanol–water partition coefficient (Wildman–Crippen LogP) is 1.83. The summed E-state index contributed by atoms with van der Waals surface area (Å²) in [7, 11) is 0. The molecule has 0 spiro atoms. The number of nitrogens with one attached hydrogen (secondary N) is 1. The Bertz CT molecular complexity index is 406. The molecule has 0 aliphatic heterocycles. The molecule has 5 heteroatoms. The molecule has 2 aromatic rings. The Morgan fingerprint density at radius 1 is 1.23 bits per heavy atom. The van der Waals surface area contributed by atoms with Gasteiger partial charge in [-0.15, -0.1) is 0 Å². The fourth-order valence-corrected chi connectivity index (χ4v) is 1.13. The lowest BCUT2D eigenvalue weighted by Crippen LogP contribution is -1.87. The van der Waals surface area contributed by atoms with Crippen molar-refractivity contribution in [3.05, 3.63) is 29.3 Å². The van der Waals surface area contributed by atoms with E-state index in [4.69, 9.17) is 11.6 Å². The summed E-state index contributed by atoms with van der Waals surface area (Å²) in [6.45, 7) is 1.92. The number of nitrogens with zero attached hydrogens (tertiary/aromatic N) is 3. The van der Waals surface area contributed by atoms with Crippen molar-refractivity contribution in [1.29, 1.82) is 0 Å². The molecule has 2 aromatic heterocycles. The van der Waals surface area contributed by atoms with Crippen molar-refractivity contribution in [2.45, 2.75) is 6.92 Å². The topological polar surface area (TPSA) is 54.5 Å². The number of aromatic nitrogens is 4. The number of rotatable bonds is 1. The minimum atomic E-state index is 0.532. The smallest absolute Gasteiger partial charge is 0.162 e. The standard InChI is InChI=1S/C8H7ClN4/c1-5-7(4-12-13-5)8-10-2-6(9)3-11-8/h2-4H,1H3,(H,12,13). The van der Waals surface area contributed by atoms with E-state index >= 15 is 0 Å². The normalized spacial score (nSPS) is 10.3. The van der Waals surface area contributed by atoms with Gasteiger partial charge in [0.1, 0.15) is 0 Å².